The molecule has 1 fully saturated rings. The van der Waals surface area contributed by atoms with Gasteiger partial charge < -0.3 is 20.3 Å². The van der Waals surface area contributed by atoms with Gasteiger partial charge in [-0.15, -0.1) is 0 Å². The summed E-state index contributed by atoms with van der Waals surface area (Å²) in [6, 6.07) is 2.73. The minimum atomic E-state index is -1.12. The number of hydrogen-bond acceptors (Lipinski definition) is 4. The number of carboxylic acids is 1. The Morgan fingerprint density at radius 3 is 2.47 bits per heavy atom. The smallest absolute Gasteiger partial charge is 0.303 e. The number of amides is 2. The van der Waals surface area contributed by atoms with E-state index in [2.05, 4.69) is 10.6 Å². The number of anilines is 1. The summed E-state index contributed by atoms with van der Waals surface area (Å²) in [5.74, 6) is -5.06. The third kappa shape index (κ3) is 5.43. The van der Waals surface area contributed by atoms with Crippen molar-refractivity contribution < 1.29 is 33.1 Å². The number of nitrogens with one attached hydrogen (secondary N) is 2. The molecule has 2 heterocycles. The number of fused-ring (bicyclic) bond motifs is 1. The molecule has 11 heteroatoms. The number of benzene rings is 1. The van der Waals surface area contributed by atoms with Gasteiger partial charge in [-0.25, -0.2) is 8.78 Å². The number of nitrogens with zero attached hydrogens (tertiary/aromatic N) is 1. The van der Waals surface area contributed by atoms with Crippen molar-refractivity contribution in [3.05, 3.63) is 51.8 Å². The number of halogens is 3. The Bertz CT molecular complexity index is 1220. The fourth-order valence-corrected chi connectivity index (χ4v) is 5.43. The Morgan fingerprint density at radius 1 is 1.08 bits per heavy atom. The van der Waals surface area contributed by atoms with Crippen molar-refractivity contribution in [1.82, 2.24) is 9.88 Å². The van der Waals surface area contributed by atoms with Gasteiger partial charge in [0.15, 0.2) is 11.6 Å². The second-order valence-corrected chi connectivity index (χ2v) is 9.65. The van der Waals surface area contributed by atoms with E-state index >= 15 is 0 Å². The first-order chi connectivity index (χ1) is 17.2. The largest absolute Gasteiger partial charge is 0.481 e. The van der Waals surface area contributed by atoms with Crippen molar-refractivity contribution in [2.75, 3.05) is 5.32 Å². The highest BCUT2D eigenvalue weighted by molar-refractivity contribution is 6.48. The Labute approximate surface area is 211 Å². The zero-order valence-electron chi connectivity index (χ0n) is 19.4. The van der Waals surface area contributed by atoms with Crippen LogP contribution in [-0.2, 0) is 22.6 Å². The van der Waals surface area contributed by atoms with Gasteiger partial charge in [-0.3, -0.25) is 19.2 Å². The van der Waals surface area contributed by atoms with E-state index in [0.29, 0.717) is 44.3 Å². The average Bonchev–Trinajstić information content (AvgIpc) is 3.40. The van der Waals surface area contributed by atoms with Crippen molar-refractivity contribution in [1.29, 1.82) is 0 Å². The van der Waals surface area contributed by atoms with Crippen LogP contribution in [0.4, 0.5) is 14.5 Å². The third-order valence-electron chi connectivity index (χ3n) is 6.88. The van der Waals surface area contributed by atoms with E-state index in [1.54, 1.807) is 4.57 Å². The summed E-state index contributed by atoms with van der Waals surface area (Å²) in [5.41, 5.74) is 0.508. The van der Waals surface area contributed by atoms with Gasteiger partial charge in [0, 0.05) is 36.5 Å². The number of rotatable bonds is 8. The summed E-state index contributed by atoms with van der Waals surface area (Å²) in [6.07, 6.45) is 4.65. The number of hydrogen-bond donors (Lipinski definition) is 3. The minimum Gasteiger partial charge on any atom is -0.481 e. The molecule has 192 valence electrons. The monoisotopic (exact) mass is 521 g/mol. The highest BCUT2D eigenvalue weighted by atomic mass is 35.5. The first-order valence-electron chi connectivity index (χ1n) is 11.9. The van der Waals surface area contributed by atoms with Gasteiger partial charge in [0.2, 0.25) is 0 Å². The SMILES string of the molecule is O=C(O)CCC1CCC(NC(=O)C(=O)c2c(Cl)c(C(=O)Nc3ccc(F)c(F)c3)c3n2CCC3)CC1. The zero-order chi connectivity index (χ0) is 26.0. The second kappa shape index (κ2) is 10.8. The van der Waals surface area contributed by atoms with Crippen LogP contribution in [0.2, 0.25) is 5.02 Å². The normalized spacial score (nSPS) is 19.0. The first kappa shape index (κ1) is 25.8. The molecule has 0 atom stereocenters. The summed E-state index contributed by atoms with van der Waals surface area (Å²) >= 11 is 6.46. The van der Waals surface area contributed by atoms with Crippen LogP contribution in [-0.4, -0.2) is 39.3 Å². The Hall–Kier alpha value is -3.27. The summed E-state index contributed by atoms with van der Waals surface area (Å²) in [4.78, 5) is 49.7. The van der Waals surface area contributed by atoms with Crippen LogP contribution >= 0.6 is 11.6 Å². The molecule has 3 N–H and O–H groups in total. The lowest BCUT2D eigenvalue weighted by Crippen LogP contribution is -2.41. The molecule has 36 heavy (non-hydrogen) atoms. The first-order valence-corrected chi connectivity index (χ1v) is 12.3. The molecule has 0 saturated heterocycles. The summed E-state index contributed by atoms with van der Waals surface area (Å²) in [5, 5.41) is 13.9. The number of aliphatic carboxylic acids is 1. The van der Waals surface area contributed by atoms with E-state index in [4.69, 9.17) is 16.7 Å². The highest BCUT2D eigenvalue weighted by Crippen LogP contribution is 2.34. The van der Waals surface area contributed by atoms with Gasteiger partial charge in [0.05, 0.1) is 10.6 Å². The van der Waals surface area contributed by atoms with Gasteiger partial charge in [0.25, 0.3) is 17.6 Å². The second-order valence-electron chi connectivity index (χ2n) is 9.28. The maximum absolute atomic E-state index is 13.5. The molecule has 0 bridgehead atoms. The molecule has 2 aliphatic rings. The molecule has 1 saturated carbocycles. The number of aromatic nitrogens is 1. The Morgan fingerprint density at radius 2 is 1.81 bits per heavy atom. The van der Waals surface area contributed by atoms with E-state index in [1.165, 1.54) is 6.07 Å². The highest BCUT2D eigenvalue weighted by Gasteiger charge is 2.35. The standard InChI is InChI=1S/C25H26ClF2N3O5/c26-21-20(24(35)30-15-8-9-16(27)17(28)12-15)18-2-1-11-31(18)22(21)23(34)25(36)29-14-6-3-13(4-7-14)5-10-19(32)33/h8-9,12-14H,1-7,10-11H2,(H,29,36)(H,30,35)(H,32,33). The molecular formula is C25H26ClF2N3O5. The molecule has 4 rings (SSSR count). The van der Waals surface area contributed by atoms with Crippen LogP contribution in [0, 0.1) is 17.6 Å². The summed E-state index contributed by atoms with van der Waals surface area (Å²) < 4.78 is 28.3. The Kier molecular flexibility index (Phi) is 7.73. The fourth-order valence-electron chi connectivity index (χ4n) is 5.05. The van der Waals surface area contributed by atoms with Crippen molar-refractivity contribution in [2.45, 2.75) is 64.0 Å². The van der Waals surface area contributed by atoms with Crippen molar-refractivity contribution >= 4 is 40.9 Å². The number of carbonyl (C=O) groups is 4. The summed E-state index contributed by atoms with van der Waals surface area (Å²) in [6.45, 7) is 0.413. The Balaban J connectivity index is 1.46. The molecule has 0 unspecified atom stereocenters. The molecule has 1 aromatic heterocycles. The van der Waals surface area contributed by atoms with E-state index in [0.717, 1.165) is 25.0 Å². The van der Waals surface area contributed by atoms with E-state index < -0.39 is 35.2 Å². The number of carboxylic acid groups (broad SMARTS) is 1. The van der Waals surface area contributed by atoms with Crippen LogP contribution in [0.1, 0.15) is 71.5 Å². The van der Waals surface area contributed by atoms with Crippen LogP contribution in [0.3, 0.4) is 0 Å². The van der Waals surface area contributed by atoms with E-state index in [9.17, 15) is 28.0 Å². The van der Waals surface area contributed by atoms with Crippen molar-refractivity contribution in [3.8, 4) is 0 Å². The molecular weight excluding hydrogens is 496 g/mol. The van der Waals surface area contributed by atoms with Gasteiger partial charge >= 0.3 is 5.97 Å². The van der Waals surface area contributed by atoms with Gasteiger partial charge in [-0.2, -0.15) is 0 Å². The molecule has 1 aliphatic heterocycles. The quantitative estimate of drug-likeness (QED) is 0.353. The number of carbonyl (C=O) groups excluding carboxylic acids is 3. The number of Topliss-reactive ketones (excluding diaryl/α,β-unsaturated/α-hetero) is 1. The predicted molar refractivity (Wildman–Crippen MR) is 127 cm³/mol. The minimum absolute atomic E-state index is 0.0255. The van der Waals surface area contributed by atoms with Crippen molar-refractivity contribution in [2.24, 2.45) is 5.92 Å². The topological polar surface area (TPSA) is 118 Å². The zero-order valence-corrected chi connectivity index (χ0v) is 20.2. The summed E-state index contributed by atoms with van der Waals surface area (Å²) in [7, 11) is 0. The maximum Gasteiger partial charge on any atom is 0.303 e. The van der Waals surface area contributed by atoms with E-state index in [1.807, 2.05) is 0 Å². The third-order valence-corrected chi connectivity index (χ3v) is 7.25. The lowest BCUT2D eigenvalue weighted by atomic mass is 9.83. The van der Waals surface area contributed by atoms with E-state index in [-0.39, 0.29) is 40.3 Å². The molecule has 2 aromatic rings. The predicted octanol–water partition coefficient (Wildman–Crippen LogP) is 4.34. The van der Waals surface area contributed by atoms with Gasteiger partial charge in [-0.05, 0) is 63.0 Å². The maximum atomic E-state index is 13.5. The molecule has 0 spiro atoms. The molecule has 1 aliphatic carbocycles. The van der Waals surface area contributed by atoms with Crippen LogP contribution in [0.15, 0.2) is 18.2 Å². The molecule has 1 aromatic carbocycles. The lowest BCUT2D eigenvalue weighted by Gasteiger charge is -2.28. The molecule has 8 nitrogen and oxygen atoms in total. The van der Waals surface area contributed by atoms with Gasteiger partial charge in [0.1, 0.15) is 5.69 Å². The van der Waals surface area contributed by atoms with Crippen LogP contribution < -0.4 is 10.6 Å². The van der Waals surface area contributed by atoms with Gasteiger partial charge in [-0.1, -0.05) is 11.6 Å². The van der Waals surface area contributed by atoms with Crippen molar-refractivity contribution in [3.63, 3.8) is 0 Å². The molecule has 0 radical (unpaired) electrons. The average molecular weight is 522 g/mol. The number of ketones is 1. The fraction of sp³-hybridized carbons (Fsp3) is 0.440. The molecule has 2 amide bonds. The lowest BCUT2D eigenvalue weighted by molar-refractivity contribution is -0.137. The van der Waals surface area contributed by atoms with Crippen LogP contribution in [0.25, 0.3) is 0 Å². The van der Waals surface area contributed by atoms with Crippen LogP contribution in [0.5, 0.6) is 0 Å².